The highest BCUT2D eigenvalue weighted by Gasteiger charge is 1.98. The smallest absolute Gasteiger partial charge is 0.241 e. The van der Waals surface area contributed by atoms with Gasteiger partial charge in [-0.15, -0.1) is 11.3 Å². The highest BCUT2D eigenvalue weighted by atomic mass is 32.1. The van der Waals surface area contributed by atoms with Gasteiger partial charge < -0.3 is 5.73 Å². The molecular formula is C13H11NOS. The molecule has 0 bridgehead atoms. The molecule has 0 saturated heterocycles. The van der Waals surface area contributed by atoms with Gasteiger partial charge in [0.25, 0.3) is 0 Å². The van der Waals surface area contributed by atoms with Crippen LogP contribution in [0.5, 0.6) is 0 Å². The van der Waals surface area contributed by atoms with Crippen molar-refractivity contribution in [3.8, 4) is 10.4 Å². The molecule has 1 aromatic carbocycles. The summed E-state index contributed by atoms with van der Waals surface area (Å²) < 4.78 is 0. The summed E-state index contributed by atoms with van der Waals surface area (Å²) >= 11 is 1.69. The summed E-state index contributed by atoms with van der Waals surface area (Å²) in [6.45, 7) is 0. The number of benzene rings is 1. The van der Waals surface area contributed by atoms with E-state index in [9.17, 15) is 4.79 Å². The van der Waals surface area contributed by atoms with E-state index in [1.54, 1.807) is 17.4 Å². The summed E-state index contributed by atoms with van der Waals surface area (Å²) in [5.41, 5.74) is 7.18. The summed E-state index contributed by atoms with van der Waals surface area (Å²) in [4.78, 5) is 11.8. The van der Waals surface area contributed by atoms with Gasteiger partial charge in [-0.05, 0) is 34.7 Å². The lowest BCUT2D eigenvalue weighted by Gasteiger charge is -1.99. The van der Waals surface area contributed by atoms with Crippen LogP contribution in [0.1, 0.15) is 5.56 Å². The first-order valence-electron chi connectivity index (χ1n) is 4.87. The number of amides is 1. The molecule has 2 rings (SSSR count). The summed E-state index contributed by atoms with van der Waals surface area (Å²) in [5, 5.41) is 2.04. The van der Waals surface area contributed by atoms with E-state index in [0.29, 0.717) is 0 Å². The van der Waals surface area contributed by atoms with Gasteiger partial charge in [-0.1, -0.05) is 24.3 Å². The first kappa shape index (κ1) is 10.6. The van der Waals surface area contributed by atoms with Crippen LogP contribution in [0.15, 0.2) is 47.9 Å². The molecule has 0 saturated carbocycles. The van der Waals surface area contributed by atoms with Crippen LogP contribution in [0.3, 0.4) is 0 Å². The van der Waals surface area contributed by atoms with Gasteiger partial charge in [0.05, 0.1) is 0 Å². The number of primary amides is 1. The molecule has 2 nitrogen and oxygen atoms in total. The third kappa shape index (κ3) is 2.58. The average molecular weight is 229 g/mol. The number of nitrogens with two attached hydrogens (primary N) is 1. The molecule has 2 N–H and O–H groups in total. The fourth-order valence-electron chi connectivity index (χ4n) is 1.42. The van der Waals surface area contributed by atoms with Gasteiger partial charge in [0, 0.05) is 11.0 Å². The van der Waals surface area contributed by atoms with Crippen molar-refractivity contribution in [3.05, 3.63) is 53.4 Å². The SMILES string of the molecule is NC(=O)/C=C\c1cccc(-c2cccs2)c1. The van der Waals surface area contributed by atoms with Crippen LogP contribution in [0.2, 0.25) is 0 Å². The van der Waals surface area contributed by atoms with Gasteiger partial charge in [-0.3, -0.25) is 4.79 Å². The van der Waals surface area contributed by atoms with Crippen LogP contribution in [-0.2, 0) is 4.79 Å². The molecule has 0 radical (unpaired) electrons. The van der Waals surface area contributed by atoms with Crippen molar-refractivity contribution in [3.63, 3.8) is 0 Å². The average Bonchev–Trinajstić information content (AvgIpc) is 2.80. The molecular weight excluding hydrogens is 218 g/mol. The van der Waals surface area contributed by atoms with Crippen LogP contribution < -0.4 is 5.73 Å². The minimum absolute atomic E-state index is 0.429. The molecule has 16 heavy (non-hydrogen) atoms. The number of carbonyl (C=O) groups is 1. The molecule has 0 aliphatic heterocycles. The van der Waals surface area contributed by atoms with Crippen LogP contribution in [0.4, 0.5) is 0 Å². The quantitative estimate of drug-likeness (QED) is 0.808. The van der Waals surface area contributed by atoms with Crippen molar-refractivity contribution in [2.75, 3.05) is 0 Å². The number of thiophene rings is 1. The highest BCUT2D eigenvalue weighted by Crippen LogP contribution is 2.25. The number of hydrogen-bond donors (Lipinski definition) is 1. The Morgan fingerprint density at radius 2 is 2.12 bits per heavy atom. The first-order valence-corrected chi connectivity index (χ1v) is 5.75. The van der Waals surface area contributed by atoms with E-state index in [2.05, 4.69) is 6.07 Å². The fraction of sp³-hybridized carbons (Fsp3) is 0. The monoisotopic (exact) mass is 229 g/mol. The van der Waals surface area contributed by atoms with E-state index in [1.807, 2.05) is 35.7 Å². The Morgan fingerprint density at radius 1 is 1.25 bits per heavy atom. The summed E-state index contributed by atoms with van der Waals surface area (Å²) in [5.74, 6) is -0.429. The van der Waals surface area contributed by atoms with E-state index in [4.69, 9.17) is 5.73 Å². The Balaban J connectivity index is 2.30. The molecule has 1 aromatic heterocycles. The Labute approximate surface area is 98.0 Å². The summed E-state index contributed by atoms with van der Waals surface area (Å²) in [7, 11) is 0. The molecule has 1 heterocycles. The van der Waals surface area contributed by atoms with Gasteiger partial charge >= 0.3 is 0 Å². The number of rotatable bonds is 3. The molecule has 3 heteroatoms. The maximum absolute atomic E-state index is 10.6. The third-order valence-electron chi connectivity index (χ3n) is 2.13. The van der Waals surface area contributed by atoms with Crippen molar-refractivity contribution in [1.82, 2.24) is 0 Å². The Kier molecular flexibility index (Phi) is 3.17. The van der Waals surface area contributed by atoms with Gasteiger partial charge in [0.2, 0.25) is 5.91 Å². The largest absolute Gasteiger partial charge is 0.366 e. The van der Waals surface area contributed by atoms with Gasteiger partial charge in [0.15, 0.2) is 0 Å². The molecule has 2 aromatic rings. The van der Waals surface area contributed by atoms with E-state index in [-0.39, 0.29) is 0 Å². The van der Waals surface area contributed by atoms with Crippen LogP contribution in [0, 0.1) is 0 Å². The predicted molar refractivity (Wildman–Crippen MR) is 68.0 cm³/mol. The summed E-state index contributed by atoms with van der Waals surface area (Å²) in [6, 6.07) is 12.1. The molecule has 1 amide bonds. The van der Waals surface area contributed by atoms with Crippen LogP contribution in [-0.4, -0.2) is 5.91 Å². The van der Waals surface area contributed by atoms with Gasteiger partial charge in [-0.25, -0.2) is 0 Å². The number of carbonyl (C=O) groups excluding carboxylic acids is 1. The van der Waals surface area contributed by atoms with Crippen molar-refractivity contribution in [2.45, 2.75) is 0 Å². The maximum atomic E-state index is 10.6. The molecule has 0 aliphatic rings. The molecule has 0 atom stereocenters. The second-order valence-corrected chi connectivity index (χ2v) is 4.29. The highest BCUT2D eigenvalue weighted by molar-refractivity contribution is 7.13. The van der Waals surface area contributed by atoms with Crippen molar-refractivity contribution < 1.29 is 4.79 Å². The normalized spacial score (nSPS) is 10.8. The third-order valence-corrected chi connectivity index (χ3v) is 3.05. The van der Waals surface area contributed by atoms with Crippen molar-refractivity contribution in [1.29, 1.82) is 0 Å². The first-order chi connectivity index (χ1) is 7.75. The van der Waals surface area contributed by atoms with Gasteiger partial charge in [0.1, 0.15) is 0 Å². The number of hydrogen-bond acceptors (Lipinski definition) is 2. The molecule has 0 spiro atoms. The Bertz CT molecular complexity index is 514. The van der Waals surface area contributed by atoms with Gasteiger partial charge in [-0.2, -0.15) is 0 Å². The summed E-state index contributed by atoms with van der Waals surface area (Å²) in [6.07, 6.45) is 3.09. The lowest BCUT2D eigenvalue weighted by Crippen LogP contribution is -2.05. The van der Waals surface area contributed by atoms with E-state index in [0.717, 1.165) is 11.1 Å². The Hall–Kier alpha value is -1.87. The molecule has 80 valence electrons. The zero-order valence-electron chi connectivity index (χ0n) is 8.59. The second kappa shape index (κ2) is 4.77. The second-order valence-electron chi connectivity index (χ2n) is 3.34. The molecule has 0 unspecified atom stereocenters. The molecule has 0 aliphatic carbocycles. The van der Waals surface area contributed by atoms with E-state index >= 15 is 0 Å². The van der Waals surface area contributed by atoms with Crippen LogP contribution >= 0.6 is 11.3 Å². The zero-order valence-corrected chi connectivity index (χ0v) is 9.41. The maximum Gasteiger partial charge on any atom is 0.241 e. The minimum Gasteiger partial charge on any atom is -0.366 e. The topological polar surface area (TPSA) is 43.1 Å². The Morgan fingerprint density at radius 3 is 2.81 bits per heavy atom. The standard InChI is InChI=1S/C13H11NOS/c14-13(15)7-6-10-3-1-4-11(9-10)12-5-2-8-16-12/h1-9H,(H2,14,15)/b7-6-. The van der Waals surface area contributed by atoms with Crippen molar-refractivity contribution >= 4 is 23.3 Å². The van der Waals surface area contributed by atoms with Crippen molar-refractivity contribution in [2.24, 2.45) is 5.73 Å². The molecule has 0 fully saturated rings. The predicted octanol–water partition coefficient (Wildman–Crippen LogP) is 2.91. The minimum atomic E-state index is -0.429. The van der Waals surface area contributed by atoms with E-state index in [1.165, 1.54) is 11.0 Å². The zero-order chi connectivity index (χ0) is 11.4. The lowest BCUT2D eigenvalue weighted by atomic mass is 10.1. The fourth-order valence-corrected chi connectivity index (χ4v) is 2.14. The van der Waals surface area contributed by atoms with Crippen LogP contribution in [0.25, 0.3) is 16.5 Å². The lowest BCUT2D eigenvalue weighted by molar-refractivity contribution is -0.113. The van der Waals surface area contributed by atoms with E-state index < -0.39 is 5.91 Å².